The minimum absolute atomic E-state index is 0.0296. The van der Waals surface area contributed by atoms with Gasteiger partial charge in [-0.3, -0.25) is 4.79 Å². The maximum Gasteiger partial charge on any atom is 0.248 e. The Morgan fingerprint density at radius 3 is 2.90 bits per heavy atom. The summed E-state index contributed by atoms with van der Waals surface area (Å²) >= 11 is 1.60. The molecule has 0 radical (unpaired) electrons. The molecule has 1 saturated heterocycles. The molecule has 1 saturated carbocycles. The van der Waals surface area contributed by atoms with Gasteiger partial charge in [-0.25, -0.2) is 0 Å². The molecule has 1 amide bonds. The molecule has 1 aliphatic heterocycles. The number of aromatic nitrogens is 2. The summed E-state index contributed by atoms with van der Waals surface area (Å²) < 4.78 is 5.81. The lowest BCUT2D eigenvalue weighted by Gasteiger charge is -2.31. The van der Waals surface area contributed by atoms with E-state index in [1.807, 2.05) is 21.7 Å². The molecule has 4 rings (SSSR count). The first-order valence-electron chi connectivity index (χ1n) is 7.49. The molecule has 1 aliphatic carbocycles. The Balaban J connectivity index is 1.56. The van der Waals surface area contributed by atoms with Gasteiger partial charge in [-0.1, -0.05) is 6.42 Å². The van der Waals surface area contributed by atoms with E-state index in [1.165, 1.54) is 6.42 Å². The number of rotatable bonds is 3. The van der Waals surface area contributed by atoms with Gasteiger partial charge in [0.2, 0.25) is 17.7 Å². The van der Waals surface area contributed by atoms with Gasteiger partial charge in [-0.15, -0.1) is 10.2 Å². The smallest absolute Gasteiger partial charge is 0.248 e. The molecular weight excluding hydrogens is 286 g/mol. The largest absolute Gasteiger partial charge is 0.418 e. The fourth-order valence-electron chi connectivity index (χ4n) is 3.05. The minimum atomic E-state index is -0.0296. The van der Waals surface area contributed by atoms with Crippen LogP contribution < -0.4 is 0 Å². The maximum atomic E-state index is 12.5. The van der Waals surface area contributed by atoms with Crippen LogP contribution in [-0.4, -0.2) is 27.5 Å². The van der Waals surface area contributed by atoms with Crippen LogP contribution in [0.15, 0.2) is 21.2 Å². The highest BCUT2D eigenvalue weighted by molar-refractivity contribution is 7.08. The van der Waals surface area contributed by atoms with Crippen LogP contribution in [0.2, 0.25) is 0 Å². The summed E-state index contributed by atoms with van der Waals surface area (Å²) in [5.74, 6) is 1.64. The third-order valence-corrected chi connectivity index (χ3v) is 5.17. The molecular formula is C15H17N3O2S. The Kier molecular flexibility index (Phi) is 3.25. The number of hydrogen-bond acceptors (Lipinski definition) is 5. The molecule has 2 aromatic heterocycles. The molecule has 2 aliphatic rings. The average Bonchev–Trinajstić information content (AvgIpc) is 3.17. The van der Waals surface area contributed by atoms with E-state index in [2.05, 4.69) is 10.2 Å². The molecule has 21 heavy (non-hydrogen) atoms. The Bertz CT molecular complexity index is 633. The highest BCUT2D eigenvalue weighted by Crippen LogP contribution is 2.37. The van der Waals surface area contributed by atoms with Crippen LogP contribution in [0.1, 0.15) is 44.0 Å². The molecule has 2 fully saturated rings. The Morgan fingerprint density at radius 2 is 2.19 bits per heavy atom. The monoisotopic (exact) mass is 303 g/mol. The van der Waals surface area contributed by atoms with Gasteiger partial charge in [0, 0.05) is 23.4 Å². The van der Waals surface area contributed by atoms with E-state index >= 15 is 0 Å². The molecule has 0 N–H and O–H groups in total. The van der Waals surface area contributed by atoms with Gasteiger partial charge in [0.1, 0.15) is 6.04 Å². The maximum absolute atomic E-state index is 12.5. The van der Waals surface area contributed by atoms with Crippen molar-refractivity contribution < 1.29 is 9.21 Å². The standard InChI is InChI=1S/C15H17N3O2S/c19-15(10-3-1-4-10)18-7-2-5-12(18)14-17-16-13(20-14)11-6-8-21-9-11/h6,8-10,12H,1-5,7H2. The SMILES string of the molecule is O=C(C1CCC1)N1CCCC1c1nnc(-c2ccsc2)o1. The predicted molar refractivity (Wildman–Crippen MR) is 78.6 cm³/mol. The number of nitrogens with zero attached hydrogens (tertiary/aromatic N) is 3. The number of amides is 1. The Hall–Kier alpha value is -1.69. The quantitative estimate of drug-likeness (QED) is 0.873. The van der Waals surface area contributed by atoms with Crippen LogP contribution in [0, 0.1) is 5.92 Å². The molecule has 110 valence electrons. The van der Waals surface area contributed by atoms with Gasteiger partial charge < -0.3 is 9.32 Å². The first-order chi connectivity index (χ1) is 10.3. The van der Waals surface area contributed by atoms with Crippen LogP contribution in [0.5, 0.6) is 0 Å². The molecule has 0 spiro atoms. The molecule has 3 heterocycles. The van der Waals surface area contributed by atoms with Crippen LogP contribution in [0.25, 0.3) is 11.5 Å². The highest BCUT2D eigenvalue weighted by atomic mass is 32.1. The predicted octanol–water partition coefficient (Wildman–Crippen LogP) is 3.26. The van der Waals surface area contributed by atoms with Gasteiger partial charge in [0.25, 0.3) is 0 Å². The first-order valence-corrected chi connectivity index (χ1v) is 8.43. The van der Waals surface area contributed by atoms with Gasteiger partial charge in [-0.2, -0.15) is 11.3 Å². The van der Waals surface area contributed by atoms with Crippen LogP contribution in [-0.2, 0) is 4.79 Å². The molecule has 1 unspecified atom stereocenters. The number of likely N-dealkylation sites (tertiary alicyclic amines) is 1. The van der Waals surface area contributed by atoms with E-state index in [0.717, 1.165) is 37.8 Å². The first kappa shape index (κ1) is 13.0. The van der Waals surface area contributed by atoms with Gasteiger partial charge >= 0.3 is 0 Å². The molecule has 6 heteroatoms. The molecule has 5 nitrogen and oxygen atoms in total. The average molecular weight is 303 g/mol. The van der Waals surface area contributed by atoms with Crippen molar-refractivity contribution in [2.24, 2.45) is 5.92 Å². The normalized spacial score (nSPS) is 22.5. The van der Waals surface area contributed by atoms with E-state index in [4.69, 9.17) is 4.42 Å². The lowest BCUT2D eigenvalue weighted by atomic mass is 9.84. The Labute approximate surface area is 127 Å². The summed E-state index contributed by atoms with van der Waals surface area (Å²) in [4.78, 5) is 14.4. The highest BCUT2D eigenvalue weighted by Gasteiger charge is 2.38. The molecule has 0 aromatic carbocycles. The second kappa shape index (κ2) is 5.26. The van der Waals surface area contributed by atoms with E-state index < -0.39 is 0 Å². The van der Waals surface area contributed by atoms with Crippen molar-refractivity contribution in [1.82, 2.24) is 15.1 Å². The van der Waals surface area contributed by atoms with Gasteiger partial charge in [-0.05, 0) is 37.1 Å². The topological polar surface area (TPSA) is 59.2 Å². The summed E-state index contributed by atoms with van der Waals surface area (Å²) in [6.07, 6.45) is 5.18. The third kappa shape index (κ3) is 2.27. The van der Waals surface area contributed by atoms with Crippen molar-refractivity contribution in [3.05, 3.63) is 22.7 Å². The summed E-state index contributed by atoms with van der Waals surface area (Å²) in [6, 6.07) is 1.94. The number of carbonyl (C=O) groups is 1. The Morgan fingerprint density at radius 1 is 1.29 bits per heavy atom. The summed E-state index contributed by atoms with van der Waals surface area (Å²) in [5, 5.41) is 12.3. The number of hydrogen-bond donors (Lipinski definition) is 0. The molecule has 2 aromatic rings. The van der Waals surface area contributed by atoms with E-state index in [0.29, 0.717) is 11.8 Å². The number of thiophene rings is 1. The zero-order chi connectivity index (χ0) is 14.2. The lowest BCUT2D eigenvalue weighted by Crippen LogP contribution is -2.38. The second-order valence-electron chi connectivity index (χ2n) is 5.77. The van der Waals surface area contributed by atoms with Gasteiger partial charge in [0.05, 0.1) is 0 Å². The fraction of sp³-hybridized carbons (Fsp3) is 0.533. The summed E-state index contributed by atoms with van der Waals surface area (Å²) in [5.41, 5.74) is 0.952. The van der Waals surface area contributed by atoms with Crippen LogP contribution in [0.4, 0.5) is 0 Å². The van der Waals surface area contributed by atoms with E-state index in [1.54, 1.807) is 11.3 Å². The zero-order valence-electron chi connectivity index (χ0n) is 11.7. The van der Waals surface area contributed by atoms with Crippen molar-refractivity contribution >= 4 is 17.2 Å². The van der Waals surface area contributed by atoms with Gasteiger partial charge in [0.15, 0.2) is 0 Å². The van der Waals surface area contributed by atoms with Crippen molar-refractivity contribution in [3.8, 4) is 11.5 Å². The van der Waals surface area contributed by atoms with Crippen LogP contribution >= 0.6 is 11.3 Å². The third-order valence-electron chi connectivity index (χ3n) is 4.48. The summed E-state index contributed by atoms with van der Waals surface area (Å²) in [6.45, 7) is 0.816. The van der Waals surface area contributed by atoms with Crippen molar-refractivity contribution in [1.29, 1.82) is 0 Å². The van der Waals surface area contributed by atoms with Crippen molar-refractivity contribution in [2.45, 2.75) is 38.1 Å². The van der Waals surface area contributed by atoms with Crippen molar-refractivity contribution in [2.75, 3.05) is 6.54 Å². The van der Waals surface area contributed by atoms with E-state index in [-0.39, 0.29) is 17.9 Å². The molecule has 1 atom stereocenters. The lowest BCUT2D eigenvalue weighted by molar-refractivity contribution is -0.139. The van der Waals surface area contributed by atoms with E-state index in [9.17, 15) is 4.79 Å². The minimum Gasteiger partial charge on any atom is -0.418 e. The fourth-order valence-corrected chi connectivity index (χ4v) is 3.68. The second-order valence-corrected chi connectivity index (χ2v) is 6.55. The molecule has 0 bridgehead atoms. The van der Waals surface area contributed by atoms with Crippen LogP contribution in [0.3, 0.4) is 0 Å². The van der Waals surface area contributed by atoms with Crippen molar-refractivity contribution in [3.63, 3.8) is 0 Å². The number of carbonyl (C=O) groups excluding carboxylic acids is 1. The summed E-state index contributed by atoms with van der Waals surface area (Å²) in [7, 11) is 0. The zero-order valence-corrected chi connectivity index (χ0v) is 12.5.